The monoisotopic (exact) mass is 356 g/mol. The van der Waals surface area contributed by atoms with Gasteiger partial charge in [0.25, 0.3) is 5.91 Å². The fourth-order valence-electron chi connectivity index (χ4n) is 2.86. The van der Waals surface area contributed by atoms with Gasteiger partial charge in [0, 0.05) is 38.0 Å². The average molecular weight is 356 g/mol. The Morgan fingerprint density at radius 1 is 1.08 bits per heavy atom. The zero-order valence-corrected chi connectivity index (χ0v) is 16.2. The smallest absolute Gasteiger partial charge is 0.254 e. The van der Waals surface area contributed by atoms with Gasteiger partial charge in [-0.05, 0) is 31.2 Å². The second-order valence-electron chi connectivity index (χ2n) is 6.49. The van der Waals surface area contributed by atoms with Gasteiger partial charge in [-0.25, -0.2) is 0 Å². The van der Waals surface area contributed by atoms with Crippen molar-refractivity contribution in [3.8, 4) is 5.75 Å². The molecular formula is C21H28N2O3. The summed E-state index contributed by atoms with van der Waals surface area (Å²) in [6, 6.07) is 15.4. The SMILES string of the molecule is COCC(C)N(Cc1ccccc1OC)C(=O)c1cccc(N(C)C)c1. The summed E-state index contributed by atoms with van der Waals surface area (Å²) < 4.78 is 10.7. The molecule has 2 aromatic carbocycles. The minimum absolute atomic E-state index is 0.0239. The lowest BCUT2D eigenvalue weighted by molar-refractivity contribution is 0.0540. The standard InChI is InChI=1S/C21H28N2O3/c1-16(15-25-4)23(14-18-9-6-7-12-20(18)26-5)21(24)17-10-8-11-19(13-17)22(2)3/h6-13,16H,14-15H2,1-5H3. The van der Waals surface area contributed by atoms with Crippen LogP contribution in [0.2, 0.25) is 0 Å². The highest BCUT2D eigenvalue weighted by molar-refractivity contribution is 5.95. The van der Waals surface area contributed by atoms with Gasteiger partial charge >= 0.3 is 0 Å². The molecule has 0 aromatic heterocycles. The maximum Gasteiger partial charge on any atom is 0.254 e. The van der Waals surface area contributed by atoms with Crippen molar-refractivity contribution in [2.24, 2.45) is 0 Å². The molecule has 0 heterocycles. The summed E-state index contributed by atoms with van der Waals surface area (Å²) in [5.41, 5.74) is 2.62. The molecule has 0 radical (unpaired) electrons. The van der Waals surface area contributed by atoms with E-state index in [1.165, 1.54) is 0 Å². The summed E-state index contributed by atoms with van der Waals surface area (Å²) in [6.07, 6.45) is 0. The molecule has 140 valence electrons. The van der Waals surface area contributed by atoms with E-state index in [4.69, 9.17) is 9.47 Å². The van der Waals surface area contributed by atoms with E-state index in [0.717, 1.165) is 17.0 Å². The van der Waals surface area contributed by atoms with Gasteiger partial charge in [0.2, 0.25) is 0 Å². The second kappa shape index (κ2) is 9.25. The third-order valence-corrected chi connectivity index (χ3v) is 4.34. The van der Waals surface area contributed by atoms with Crippen molar-refractivity contribution in [2.75, 3.05) is 39.8 Å². The minimum Gasteiger partial charge on any atom is -0.496 e. The van der Waals surface area contributed by atoms with Crippen molar-refractivity contribution in [2.45, 2.75) is 19.5 Å². The highest BCUT2D eigenvalue weighted by atomic mass is 16.5. The Bertz CT molecular complexity index is 731. The second-order valence-corrected chi connectivity index (χ2v) is 6.49. The van der Waals surface area contributed by atoms with Gasteiger partial charge in [0.15, 0.2) is 0 Å². The highest BCUT2D eigenvalue weighted by Crippen LogP contribution is 2.23. The van der Waals surface area contributed by atoms with Crippen LogP contribution in [0.25, 0.3) is 0 Å². The zero-order valence-electron chi connectivity index (χ0n) is 16.2. The number of hydrogen-bond donors (Lipinski definition) is 0. The molecule has 0 spiro atoms. The summed E-state index contributed by atoms with van der Waals surface area (Å²) in [5, 5.41) is 0. The maximum atomic E-state index is 13.3. The predicted octanol–water partition coefficient (Wildman–Crippen LogP) is 3.44. The van der Waals surface area contributed by atoms with E-state index in [2.05, 4.69) is 0 Å². The highest BCUT2D eigenvalue weighted by Gasteiger charge is 2.23. The number of amides is 1. The van der Waals surface area contributed by atoms with E-state index >= 15 is 0 Å². The van der Waals surface area contributed by atoms with Crippen LogP contribution in [0.5, 0.6) is 5.75 Å². The van der Waals surface area contributed by atoms with Crippen LogP contribution in [0, 0.1) is 0 Å². The number of methoxy groups -OCH3 is 2. The van der Waals surface area contributed by atoms with Crippen molar-refractivity contribution in [1.82, 2.24) is 4.90 Å². The van der Waals surface area contributed by atoms with Crippen LogP contribution < -0.4 is 9.64 Å². The van der Waals surface area contributed by atoms with Crippen LogP contribution in [-0.2, 0) is 11.3 Å². The predicted molar refractivity (Wildman–Crippen MR) is 105 cm³/mol. The number of benzene rings is 2. The molecule has 1 amide bonds. The summed E-state index contributed by atoms with van der Waals surface area (Å²) in [7, 11) is 7.21. The lowest BCUT2D eigenvalue weighted by atomic mass is 10.1. The molecular weight excluding hydrogens is 328 g/mol. The third-order valence-electron chi connectivity index (χ3n) is 4.34. The normalized spacial score (nSPS) is 11.7. The van der Waals surface area contributed by atoms with Gasteiger partial charge in [0.05, 0.1) is 26.3 Å². The van der Waals surface area contributed by atoms with Gasteiger partial charge in [-0.2, -0.15) is 0 Å². The fourth-order valence-corrected chi connectivity index (χ4v) is 2.86. The van der Waals surface area contributed by atoms with Crippen LogP contribution in [0.4, 0.5) is 5.69 Å². The molecule has 0 saturated heterocycles. The van der Waals surface area contributed by atoms with Gasteiger partial charge in [-0.15, -0.1) is 0 Å². The van der Waals surface area contributed by atoms with Gasteiger partial charge in [-0.1, -0.05) is 24.3 Å². The van der Waals surface area contributed by atoms with Gasteiger partial charge < -0.3 is 19.3 Å². The third kappa shape index (κ3) is 4.76. The van der Waals surface area contributed by atoms with E-state index in [-0.39, 0.29) is 11.9 Å². The number of hydrogen-bond acceptors (Lipinski definition) is 4. The largest absolute Gasteiger partial charge is 0.496 e. The number of rotatable bonds is 8. The Kier molecular flexibility index (Phi) is 7.04. The first-order valence-corrected chi connectivity index (χ1v) is 8.67. The molecule has 2 aromatic rings. The van der Waals surface area contributed by atoms with E-state index in [0.29, 0.717) is 18.7 Å². The molecule has 0 aliphatic carbocycles. The van der Waals surface area contributed by atoms with E-state index in [1.54, 1.807) is 14.2 Å². The van der Waals surface area contributed by atoms with Crippen LogP contribution >= 0.6 is 0 Å². The van der Waals surface area contributed by atoms with Crippen LogP contribution in [0.3, 0.4) is 0 Å². The van der Waals surface area contributed by atoms with Crippen molar-refractivity contribution in [3.05, 3.63) is 59.7 Å². The van der Waals surface area contributed by atoms with Crippen molar-refractivity contribution < 1.29 is 14.3 Å². The number of anilines is 1. The fraction of sp³-hybridized carbons (Fsp3) is 0.381. The number of carbonyl (C=O) groups excluding carboxylic acids is 1. The molecule has 0 fully saturated rings. The summed E-state index contributed by atoms with van der Waals surface area (Å²) in [5.74, 6) is 0.751. The van der Waals surface area contributed by atoms with Crippen molar-refractivity contribution >= 4 is 11.6 Å². The number of carbonyl (C=O) groups is 1. The molecule has 0 aliphatic rings. The molecule has 5 nitrogen and oxygen atoms in total. The first-order valence-electron chi connectivity index (χ1n) is 8.67. The molecule has 1 unspecified atom stereocenters. The molecule has 2 rings (SSSR count). The Morgan fingerprint density at radius 2 is 1.81 bits per heavy atom. The molecule has 26 heavy (non-hydrogen) atoms. The zero-order chi connectivity index (χ0) is 19.1. The lowest BCUT2D eigenvalue weighted by Gasteiger charge is -2.30. The Balaban J connectivity index is 2.35. The van der Waals surface area contributed by atoms with E-state index in [9.17, 15) is 4.79 Å². The van der Waals surface area contributed by atoms with E-state index in [1.807, 2.05) is 79.3 Å². The molecule has 0 saturated carbocycles. The summed E-state index contributed by atoms with van der Waals surface area (Å²) in [4.78, 5) is 17.1. The van der Waals surface area contributed by atoms with E-state index < -0.39 is 0 Å². The van der Waals surface area contributed by atoms with Crippen molar-refractivity contribution in [1.29, 1.82) is 0 Å². The number of ether oxygens (including phenoxy) is 2. The Hall–Kier alpha value is -2.53. The van der Waals surface area contributed by atoms with Crippen LogP contribution in [0.1, 0.15) is 22.8 Å². The molecule has 1 atom stereocenters. The first-order chi connectivity index (χ1) is 12.5. The molecule has 0 N–H and O–H groups in total. The quantitative estimate of drug-likeness (QED) is 0.727. The summed E-state index contributed by atoms with van der Waals surface area (Å²) >= 11 is 0. The lowest BCUT2D eigenvalue weighted by Crippen LogP contribution is -2.40. The topological polar surface area (TPSA) is 42.0 Å². The Morgan fingerprint density at radius 3 is 2.46 bits per heavy atom. The minimum atomic E-state index is -0.0691. The number of nitrogens with zero attached hydrogens (tertiary/aromatic N) is 2. The maximum absolute atomic E-state index is 13.3. The first kappa shape index (κ1) is 19.8. The average Bonchev–Trinajstić information content (AvgIpc) is 2.66. The van der Waals surface area contributed by atoms with Crippen molar-refractivity contribution in [3.63, 3.8) is 0 Å². The molecule has 0 bridgehead atoms. The number of para-hydroxylation sites is 1. The molecule has 5 heteroatoms. The summed E-state index contributed by atoms with van der Waals surface area (Å²) in [6.45, 7) is 2.92. The molecule has 0 aliphatic heterocycles. The van der Waals surface area contributed by atoms with Crippen LogP contribution in [0.15, 0.2) is 48.5 Å². The van der Waals surface area contributed by atoms with Crippen LogP contribution in [-0.4, -0.2) is 51.8 Å². The Labute approximate surface area is 156 Å². The van der Waals surface area contributed by atoms with Gasteiger partial charge in [0.1, 0.15) is 5.75 Å². The van der Waals surface area contributed by atoms with Gasteiger partial charge in [-0.3, -0.25) is 4.79 Å².